The average molecular weight is 391 g/mol. The quantitative estimate of drug-likeness (QED) is 0.736. The highest BCUT2D eigenvalue weighted by Crippen LogP contribution is 2.38. The molecule has 2 amide bonds. The Hall–Kier alpha value is -2.05. The fourth-order valence-corrected chi connectivity index (χ4v) is 5.84. The molecule has 0 saturated carbocycles. The molecule has 2 aromatic rings. The maximum Gasteiger partial charge on any atom is 0.329 e. The lowest BCUT2D eigenvalue weighted by Gasteiger charge is -2.23. The number of amides is 2. The fraction of sp³-hybridized carbons (Fsp3) is 0.316. The number of anilines is 2. The number of nitrogens with zero attached hydrogens (tertiary/aromatic N) is 2. The van der Waals surface area contributed by atoms with Crippen molar-refractivity contribution in [3.8, 4) is 0 Å². The number of carbonyl (C=O) groups excluding carboxylic acids is 1. The third-order valence-corrected chi connectivity index (χ3v) is 7.22. The molecule has 0 N–H and O–H groups in total. The highest BCUT2D eigenvalue weighted by molar-refractivity contribution is 7.91. The van der Waals surface area contributed by atoms with Crippen LogP contribution in [0.25, 0.3) is 0 Å². The van der Waals surface area contributed by atoms with Gasteiger partial charge in [0.1, 0.15) is 0 Å². The van der Waals surface area contributed by atoms with Crippen molar-refractivity contribution in [2.24, 2.45) is 0 Å². The van der Waals surface area contributed by atoms with E-state index in [0.29, 0.717) is 16.4 Å². The number of halogens is 1. The third kappa shape index (κ3) is 2.77. The first-order chi connectivity index (χ1) is 12.3. The zero-order valence-electron chi connectivity index (χ0n) is 14.5. The molecule has 4 rings (SSSR count). The first-order valence-electron chi connectivity index (χ1n) is 8.42. The van der Waals surface area contributed by atoms with Crippen LogP contribution in [0.15, 0.2) is 42.5 Å². The lowest BCUT2D eigenvalue weighted by atomic mass is 10.1. The van der Waals surface area contributed by atoms with Gasteiger partial charge in [0.25, 0.3) is 0 Å². The van der Waals surface area contributed by atoms with Gasteiger partial charge in [-0.15, -0.1) is 0 Å². The molecule has 0 spiro atoms. The number of fused-ring (bicyclic) bond motifs is 1. The number of rotatable bonds is 2. The van der Waals surface area contributed by atoms with Gasteiger partial charge in [0.05, 0.1) is 23.6 Å². The summed E-state index contributed by atoms with van der Waals surface area (Å²) in [6, 6.07) is 12.0. The molecule has 0 radical (unpaired) electrons. The van der Waals surface area contributed by atoms with E-state index in [1.807, 2.05) is 50.2 Å². The molecule has 2 heterocycles. The second kappa shape index (κ2) is 5.99. The van der Waals surface area contributed by atoms with Gasteiger partial charge in [-0.1, -0.05) is 35.4 Å². The van der Waals surface area contributed by atoms with Crippen LogP contribution in [0.3, 0.4) is 0 Å². The number of hydrogen-bond donors (Lipinski definition) is 0. The first-order valence-corrected chi connectivity index (χ1v) is 10.6. The number of sulfone groups is 1. The number of aryl methyl sites for hydroxylation is 2. The van der Waals surface area contributed by atoms with Gasteiger partial charge in [0.2, 0.25) is 0 Å². The Morgan fingerprint density at radius 1 is 0.923 bits per heavy atom. The van der Waals surface area contributed by atoms with E-state index in [1.165, 1.54) is 0 Å². The Balaban J connectivity index is 1.81. The summed E-state index contributed by atoms with van der Waals surface area (Å²) in [7, 11) is -3.21. The summed E-state index contributed by atoms with van der Waals surface area (Å²) in [6.45, 7) is 3.86. The number of hydrogen-bond acceptors (Lipinski definition) is 3. The van der Waals surface area contributed by atoms with Crippen LogP contribution in [0.5, 0.6) is 0 Å². The Labute approximate surface area is 158 Å². The van der Waals surface area contributed by atoms with E-state index in [0.717, 1.165) is 11.1 Å². The smallest absolute Gasteiger partial charge is 0.288 e. The Morgan fingerprint density at radius 2 is 1.46 bits per heavy atom. The average Bonchev–Trinajstić information content (AvgIpc) is 3.00. The number of benzene rings is 2. The van der Waals surface area contributed by atoms with Crippen LogP contribution < -0.4 is 9.80 Å². The Bertz CT molecular complexity index is 988. The molecular formula is C19H19ClN2O3S. The second-order valence-corrected chi connectivity index (χ2v) is 9.56. The molecule has 0 unspecified atom stereocenters. The van der Waals surface area contributed by atoms with E-state index in [-0.39, 0.29) is 17.5 Å². The molecule has 136 valence electrons. The van der Waals surface area contributed by atoms with Crippen molar-refractivity contribution in [1.29, 1.82) is 0 Å². The zero-order valence-corrected chi connectivity index (χ0v) is 16.1. The lowest BCUT2D eigenvalue weighted by molar-refractivity contribution is 0.255. The van der Waals surface area contributed by atoms with E-state index in [4.69, 9.17) is 11.6 Å². The van der Waals surface area contributed by atoms with Gasteiger partial charge >= 0.3 is 6.03 Å². The molecule has 2 aliphatic rings. The van der Waals surface area contributed by atoms with Crippen molar-refractivity contribution in [2.45, 2.75) is 25.9 Å². The van der Waals surface area contributed by atoms with Crippen LogP contribution >= 0.6 is 11.6 Å². The molecule has 5 nitrogen and oxygen atoms in total. The summed E-state index contributed by atoms with van der Waals surface area (Å²) >= 11 is 6.24. The topological polar surface area (TPSA) is 57.7 Å². The molecule has 0 aromatic heterocycles. The standard InChI is InChI=1S/C19H19ClN2O3S/c1-12-3-6-14(7-4-12)21-17-10-26(24,25)11-18(17)22(19(21)23)15-8-5-13(2)16(20)9-15/h3-9,17-18H,10-11H2,1-2H3/t17-,18+/m1/s1. The van der Waals surface area contributed by atoms with E-state index >= 15 is 0 Å². The summed E-state index contributed by atoms with van der Waals surface area (Å²) in [5.41, 5.74) is 3.34. The van der Waals surface area contributed by atoms with Crippen molar-refractivity contribution in [1.82, 2.24) is 0 Å². The largest absolute Gasteiger partial charge is 0.329 e. The highest BCUT2D eigenvalue weighted by Gasteiger charge is 2.54. The lowest BCUT2D eigenvalue weighted by Crippen LogP contribution is -2.37. The summed E-state index contributed by atoms with van der Waals surface area (Å²) in [5.74, 6) is -0.0510. The van der Waals surface area contributed by atoms with Crippen molar-refractivity contribution in [3.05, 3.63) is 58.6 Å². The van der Waals surface area contributed by atoms with Gasteiger partial charge in [-0.25, -0.2) is 13.2 Å². The van der Waals surface area contributed by atoms with E-state index in [2.05, 4.69) is 0 Å². The molecule has 2 aromatic carbocycles. The molecule has 0 bridgehead atoms. The summed E-state index contributed by atoms with van der Waals surface area (Å²) in [6.07, 6.45) is 0. The predicted molar refractivity (Wildman–Crippen MR) is 104 cm³/mol. The van der Waals surface area contributed by atoms with Crippen LogP contribution in [-0.4, -0.2) is 38.0 Å². The highest BCUT2D eigenvalue weighted by atomic mass is 35.5. The Morgan fingerprint density at radius 3 is 2.04 bits per heavy atom. The molecule has 2 saturated heterocycles. The fourth-order valence-electron chi connectivity index (χ4n) is 3.74. The monoisotopic (exact) mass is 390 g/mol. The molecule has 26 heavy (non-hydrogen) atoms. The molecule has 2 aliphatic heterocycles. The van der Waals surface area contributed by atoms with Gasteiger partial charge in [-0.3, -0.25) is 9.80 Å². The van der Waals surface area contributed by atoms with Crippen molar-refractivity contribution >= 4 is 38.8 Å². The first kappa shape index (κ1) is 17.4. The van der Waals surface area contributed by atoms with Gasteiger partial charge in [-0.05, 0) is 43.7 Å². The Kier molecular flexibility index (Phi) is 4.00. The number of carbonyl (C=O) groups is 1. The van der Waals surface area contributed by atoms with Crippen molar-refractivity contribution in [2.75, 3.05) is 21.3 Å². The molecule has 2 atom stereocenters. The minimum Gasteiger partial charge on any atom is -0.288 e. The minimum atomic E-state index is -3.21. The third-order valence-electron chi connectivity index (χ3n) is 5.11. The summed E-state index contributed by atoms with van der Waals surface area (Å²) in [5, 5.41) is 0.557. The van der Waals surface area contributed by atoms with Crippen molar-refractivity contribution < 1.29 is 13.2 Å². The van der Waals surface area contributed by atoms with Gasteiger partial charge in [-0.2, -0.15) is 0 Å². The van der Waals surface area contributed by atoms with Crippen LogP contribution in [-0.2, 0) is 9.84 Å². The van der Waals surface area contributed by atoms with Gasteiger partial charge in [0, 0.05) is 16.4 Å². The maximum atomic E-state index is 13.2. The van der Waals surface area contributed by atoms with Crippen LogP contribution in [0, 0.1) is 13.8 Å². The van der Waals surface area contributed by atoms with E-state index in [1.54, 1.807) is 15.9 Å². The van der Waals surface area contributed by atoms with E-state index in [9.17, 15) is 13.2 Å². The SMILES string of the molecule is Cc1ccc(N2C(=O)N(c3ccc(C)c(Cl)c3)[C@H]3CS(=O)(=O)C[C@H]32)cc1. The number of urea groups is 1. The summed E-state index contributed by atoms with van der Waals surface area (Å²) < 4.78 is 24.6. The predicted octanol–water partition coefficient (Wildman–Crippen LogP) is 3.57. The van der Waals surface area contributed by atoms with Gasteiger partial charge < -0.3 is 0 Å². The normalized spacial score (nSPS) is 24.2. The molecule has 2 fully saturated rings. The minimum absolute atomic E-state index is 0.0205. The van der Waals surface area contributed by atoms with Crippen molar-refractivity contribution in [3.63, 3.8) is 0 Å². The maximum absolute atomic E-state index is 13.2. The van der Waals surface area contributed by atoms with Crippen LogP contribution in [0.4, 0.5) is 16.2 Å². The summed E-state index contributed by atoms with van der Waals surface area (Å²) in [4.78, 5) is 16.4. The van der Waals surface area contributed by atoms with Gasteiger partial charge in [0.15, 0.2) is 9.84 Å². The van der Waals surface area contributed by atoms with E-state index < -0.39 is 21.9 Å². The molecule has 0 aliphatic carbocycles. The molecular weight excluding hydrogens is 372 g/mol. The van der Waals surface area contributed by atoms with Crippen LogP contribution in [0.1, 0.15) is 11.1 Å². The van der Waals surface area contributed by atoms with Crippen LogP contribution in [0.2, 0.25) is 5.02 Å². The molecule has 7 heteroatoms. The second-order valence-electron chi connectivity index (χ2n) is 7.00. The zero-order chi connectivity index (χ0) is 18.6.